The smallest absolute Gasteiger partial charge is 0.172 e. The van der Waals surface area contributed by atoms with Gasteiger partial charge in [-0.15, -0.1) is 0 Å². The van der Waals surface area contributed by atoms with Crippen LogP contribution in [0.2, 0.25) is 0 Å². The van der Waals surface area contributed by atoms with Crippen molar-refractivity contribution in [1.29, 1.82) is 0 Å². The largest absolute Gasteiger partial charge is 0.361 e. The summed E-state index contributed by atoms with van der Waals surface area (Å²) in [6.07, 6.45) is 8.70. The van der Waals surface area contributed by atoms with E-state index in [1.165, 1.54) is 33.6 Å². The molecule has 192 valence electrons. The van der Waals surface area contributed by atoms with Crippen LogP contribution in [0.1, 0.15) is 95.1 Å². The van der Waals surface area contributed by atoms with Gasteiger partial charge >= 0.3 is 0 Å². The summed E-state index contributed by atoms with van der Waals surface area (Å²) in [7, 11) is 0. The van der Waals surface area contributed by atoms with Gasteiger partial charge in [-0.25, -0.2) is 0 Å². The fourth-order valence-electron chi connectivity index (χ4n) is 6.89. The van der Waals surface area contributed by atoms with Gasteiger partial charge < -0.3 is 20.3 Å². The Labute approximate surface area is 218 Å². The Hall–Kier alpha value is -3.47. The Balaban J connectivity index is 1.74. The van der Waals surface area contributed by atoms with Gasteiger partial charge in [0.2, 0.25) is 0 Å². The molecular formula is C32H38N4O. The molecule has 0 unspecified atom stereocenters. The third-order valence-corrected chi connectivity index (χ3v) is 9.43. The average Bonchev–Trinajstić information content (AvgIpc) is 3.58. The lowest BCUT2D eigenvalue weighted by atomic mass is 9.86. The molecule has 2 aliphatic heterocycles. The van der Waals surface area contributed by atoms with Crippen molar-refractivity contribution in [2.24, 2.45) is 17.8 Å². The number of Topliss-reactive ketones (excluding diaryl/α,β-unsaturated/α-hetero) is 1. The first-order valence-corrected chi connectivity index (χ1v) is 13.8. The molecule has 1 fully saturated rings. The molecule has 0 amide bonds. The topological polar surface area (TPSA) is 76.5 Å². The van der Waals surface area contributed by atoms with Crippen LogP contribution in [0.25, 0.3) is 23.8 Å². The summed E-state index contributed by atoms with van der Waals surface area (Å²) in [6, 6.07) is 0. The van der Waals surface area contributed by atoms with Gasteiger partial charge in [0.1, 0.15) is 0 Å². The molecule has 0 saturated carbocycles. The van der Waals surface area contributed by atoms with Crippen molar-refractivity contribution >= 4 is 29.6 Å². The zero-order valence-corrected chi connectivity index (χ0v) is 23.3. The van der Waals surface area contributed by atoms with Crippen LogP contribution in [0.15, 0.2) is 11.4 Å². The van der Waals surface area contributed by atoms with E-state index in [4.69, 9.17) is 0 Å². The molecule has 0 aromatic carbocycles. The number of rotatable bonds is 2. The maximum atomic E-state index is 13.6. The zero-order chi connectivity index (χ0) is 26.3. The van der Waals surface area contributed by atoms with E-state index in [9.17, 15) is 4.79 Å². The van der Waals surface area contributed by atoms with Crippen molar-refractivity contribution in [2.45, 2.75) is 68.2 Å². The van der Waals surface area contributed by atoms with Crippen LogP contribution < -0.4 is 16.0 Å². The molecule has 5 nitrogen and oxygen atoms in total. The van der Waals surface area contributed by atoms with E-state index < -0.39 is 0 Å². The maximum absolute atomic E-state index is 13.6. The van der Waals surface area contributed by atoms with Crippen molar-refractivity contribution < 1.29 is 4.79 Å². The van der Waals surface area contributed by atoms with Crippen LogP contribution in [-0.4, -0.2) is 20.7 Å². The molecule has 37 heavy (non-hydrogen) atoms. The number of nitrogens with one attached hydrogen (secondary N) is 4. The summed E-state index contributed by atoms with van der Waals surface area (Å²) >= 11 is 0. The number of aromatic amines is 3. The molecule has 3 aromatic rings. The third kappa shape index (κ3) is 3.25. The lowest BCUT2D eigenvalue weighted by Crippen LogP contribution is -2.15. The van der Waals surface area contributed by atoms with Gasteiger partial charge in [-0.2, -0.15) is 0 Å². The van der Waals surface area contributed by atoms with Crippen LogP contribution >= 0.6 is 0 Å². The second-order valence-electron chi connectivity index (χ2n) is 11.3. The zero-order valence-electron chi connectivity index (χ0n) is 23.3. The Morgan fingerprint density at radius 3 is 2.11 bits per heavy atom. The number of ketones is 1. The monoisotopic (exact) mass is 494 g/mol. The van der Waals surface area contributed by atoms with Gasteiger partial charge in [-0.05, 0) is 86.6 Å². The van der Waals surface area contributed by atoms with Crippen LogP contribution in [-0.2, 0) is 6.42 Å². The number of allylic oxidation sites excluding steroid dienone is 3. The van der Waals surface area contributed by atoms with Gasteiger partial charge in [0.05, 0.1) is 5.69 Å². The number of H-pyrrole nitrogens is 3. The molecule has 0 radical (unpaired) electrons. The second-order valence-corrected chi connectivity index (χ2v) is 11.3. The number of hydrogen-bond donors (Lipinski definition) is 4. The highest BCUT2D eigenvalue weighted by atomic mass is 16.1. The molecule has 8 bridgehead atoms. The molecular weight excluding hydrogens is 456 g/mol. The molecule has 3 aromatic heterocycles. The Bertz CT molecular complexity index is 1670. The molecule has 1 aliphatic carbocycles. The number of carbonyl (C=O) groups excluding carboxylic acids is 1. The molecule has 3 atom stereocenters. The summed E-state index contributed by atoms with van der Waals surface area (Å²) in [4.78, 5) is 24.7. The lowest BCUT2D eigenvalue weighted by Gasteiger charge is -2.17. The number of carbonyl (C=O) groups is 1. The molecule has 3 aliphatic rings. The summed E-state index contributed by atoms with van der Waals surface area (Å²) in [5.74, 6) is 0.752. The molecule has 5 heteroatoms. The van der Waals surface area contributed by atoms with E-state index in [0.29, 0.717) is 11.8 Å². The fraction of sp³-hybridized carbons (Fsp3) is 0.406. The van der Waals surface area contributed by atoms with Gasteiger partial charge in [0.25, 0.3) is 0 Å². The van der Waals surface area contributed by atoms with Crippen molar-refractivity contribution in [2.75, 3.05) is 0 Å². The molecule has 5 heterocycles. The molecule has 1 saturated heterocycles. The van der Waals surface area contributed by atoms with E-state index >= 15 is 0 Å². The van der Waals surface area contributed by atoms with Gasteiger partial charge in [0.15, 0.2) is 5.78 Å². The van der Waals surface area contributed by atoms with Crippen LogP contribution in [0, 0.1) is 45.4 Å². The summed E-state index contributed by atoms with van der Waals surface area (Å²) < 4.78 is 0. The van der Waals surface area contributed by atoms with E-state index in [1.54, 1.807) is 0 Å². The minimum absolute atomic E-state index is 0.155. The first kappa shape index (κ1) is 23.9. The van der Waals surface area contributed by atoms with Crippen LogP contribution in [0.5, 0.6) is 0 Å². The first-order chi connectivity index (χ1) is 17.7. The summed E-state index contributed by atoms with van der Waals surface area (Å²) in [6.45, 7) is 17.5. The van der Waals surface area contributed by atoms with Gasteiger partial charge in [0, 0.05) is 68.1 Å². The van der Waals surface area contributed by atoms with E-state index in [2.05, 4.69) is 93.9 Å². The first-order valence-electron chi connectivity index (χ1n) is 13.8. The highest BCUT2D eigenvalue weighted by molar-refractivity contribution is 6.15. The quantitative estimate of drug-likeness (QED) is 0.391. The summed E-state index contributed by atoms with van der Waals surface area (Å²) in [5, 5.41) is 6.06. The maximum Gasteiger partial charge on any atom is 0.172 e. The Kier molecular flexibility index (Phi) is 5.34. The predicted octanol–water partition coefficient (Wildman–Crippen LogP) is 5.29. The third-order valence-electron chi connectivity index (χ3n) is 9.43. The normalized spacial score (nSPS) is 27.4. The van der Waals surface area contributed by atoms with Crippen molar-refractivity contribution in [3.63, 3.8) is 0 Å². The highest BCUT2D eigenvalue weighted by Crippen LogP contribution is 2.47. The fourth-order valence-corrected chi connectivity index (χ4v) is 6.89. The number of aromatic nitrogens is 3. The lowest BCUT2D eigenvalue weighted by molar-refractivity contribution is 0.0965. The summed E-state index contributed by atoms with van der Waals surface area (Å²) in [5.41, 5.74) is 14.9. The minimum atomic E-state index is -0.155. The SMILES string of the molecule is CCc1c(C)/c2[nH]/c1=C\c1[nH]c3c(c1C)C(=O)[C@H](C)/C3=C1/N/C(=C\c3[nH]c(c(C)c3C)\C=2)[C@@H](C)[C@@H]1CC. The molecule has 4 N–H and O–H groups in total. The number of fused-ring (bicyclic) bond motifs is 7. The average molecular weight is 495 g/mol. The van der Waals surface area contributed by atoms with E-state index in [-0.39, 0.29) is 11.7 Å². The van der Waals surface area contributed by atoms with Crippen molar-refractivity contribution in [3.8, 4) is 0 Å². The Morgan fingerprint density at radius 1 is 0.784 bits per heavy atom. The molecule has 0 spiro atoms. The van der Waals surface area contributed by atoms with Gasteiger partial charge in [-0.1, -0.05) is 27.7 Å². The van der Waals surface area contributed by atoms with E-state index in [1.807, 2.05) is 0 Å². The van der Waals surface area contributed by atoms with E-state index in [0.717, 1.165) is 63.0 Å². The van der Waals surface area contributed by atoms with Crippen LogP contribution in [0.3, 0.4) is 0 Å². The minimum Gasteiger partial charge on any atom is -0.361 e. The molecule has 6 rings (SSSR count). The van der Waals surface area contributed by atoms with Gasteiger partial charge in [-0.3, -0.25) is 4.79 Å². The van der Waals surface area contributed by atoms with Crippen LogP contribution in [0.4, 0.5) is 0 Å². The number of hydrogen-bond acceptors (Lipinski definition) is 2. The predicted molar refractivity (Wildman–Crippen MR) is 152 cm³/mol. The van der Waals surface area contributed by atoms with Crippen molar-refractivity contribution in [1.82, 2.24) is 20.3 Å². The Morgan fingerprint density at radius 2 is 1.43 bits per heavy atom. The van der Waals surface area contributed by atoms with Crippen molar-refractivity contribution in [3.05, 3.63) is 78.2 Å². The highest BCUT2D eigenvalue weighted by Gasteiger charge is 2.42. The standard InChI is InChI=1S/C32H38N4O/c1-9-20-16(5)24-11-22-14(3)15(4)23(33-22)12-25-17(6)21(10-2)30(35-25)28-19(8)32(37)29-18(7)26(36-31(28)29)13-27(20)34-24/h11-13,17,19,21,33-36H,9-10H2,1-8H3/b24-11-,25-12-,27-13-,30-28-/t17-,19+,21-/m0/s1. The second kappa shape index (κ2) is 8.27.